The quantitative estimate of drug-likeness (QED) is 0.812. The lowest BCUT2D eigenvalue weighted by Crippen LogP contribution is -2.27. The van der Waals surface area contributed by atoms with Crippen molar-refractivity contribution in [2.45, 2.75) is 25.3 Å². The highest BCUT2D eigenvalue weighted by Crippen LogP contribution is 2.42. The van der Waals surface area contributed by atoms with Gasteiger partial charge in [0.1, 0.15) is 5.75 Å². The predicted octanol–water partition coefficient (Wildman–Crippen LogP) is 3.55. The Balaban J connectivity index is 1.75. The van der Waals surface area contributed by atoms with Gasteiger partial charge in [0.15, 0.2) is 0 Å². The van der Waals surface area contributed by atoms with E-state index in [9.17, 15) is 0 Å². The number of benzene rings is 2. The molecule has 2 aliphatic rings. The number of nitrogens with two attached hydrogens (primary N) is 1. The summed E-state index contributed by atoms with van der Waals surface area (Å²) in [5.74, 6) is 1.01. The molecule has 2 aromatic rings. The molecule has 1 aliphatic carbocycles. The summed E-state index contributed by atoms with van der Waals surface area (Å²) in [4.78, 5) is 2.52. The molecule has 1 unspecified atom stereocenters. The van der Waals surface area contributed by atoms with E-state index in [1.54, 1.807) is 0 Å². The average molecular weight is 280 g/mol. The normalized spacial score (nSPS) is 20.4. The number of ether oxygens (including phenoxy) is 1. The van der Waals surface area contributed by atoms with E-state index in [4.69, 9.17) is 10.5 Å². The van der Waals surface area contributed by atoms with Crippen LogP contribution in [0.1, 0.15) is 30.0 Å². The topological polar surface area (TPSA) is 38.5 Å². The molecular formula is C18H20N2O. The van der Waals surface area contributed by atoms with Gasteiger partial charge >= 0.3 is 0 Å². The van der Waals surface area contributed by atoms with Crippen molar-refractivity contribution in [3.63, 3.8) is 0 Å². The summed E-state index contributed by atoms with van der Waals surface area (Å²) in [5, 5.41) is 0. The van der Waals surface area contributed by atoms with Gasteiger partial charge in [0.05, 0.1) is 18.3 Å². The number of nitrogen functional groups attached to an aromatic ring is 1. The SMILES string of the molecule is Nc1ccc2c(c1)CCC2N1CCCOc2ccccc21. The van der Waals surface area contributed by atoms with Crippen molar-refractivity contribution in [2.24, 2.45) is 0 Å². The maximum absolute atomic E-state index is 5.92. The van der Waals surface area contributed by atoms with Crippen molar-refractivity contribution in [3.05, 3.63) is 53.6 Å². The summed E-state index contributed by atoms with van der Waals surface area (Å²) in [6.45, 7) is 1.85. The Hall–Kier alpha value is -2.16. The molecule has 0 aromatic heterocycles. The lowest BCUT2D eigenvalue weighted by molar-refractivity contribution is 0.322. The molecule has 3 nitrogen and oxygen atoms in total. The van der Waals surface area contributed by atoms with Crippen LogP contribution in [0.4, 0.5) is 11.4 Å². The number of hydrogen-bond acceptors (Lipinski definition) is 3. The van der Waals surface area contributed by atoms with E-state index in [0.29, 0.717) is 6.04 Å². The van der Waals surface area contributed by atoms with E-state index in [0.717, 1.165) is 43.9 Å². The molecule has 1 heterocycles. The van der Waals surface area contributed by atoms with Gasteiger partial charge in [-0.1, -0.05) is 18.2 Å². The molecule has 0 spiro atoms. The lowest BCUT2D eigenvalue weighted by Gasteiger charge is -2.31. The third-order valence-electron chi connectivity index (χ3n) is 4.56. The summed E-state index contributed by atoms with van der Waals surface area (Å²) in [7, 11) is 0. The molecule has 21 heavy (non-hydrogen) atoms. The maximum atomic E-state index is 5.92. The highest BCUT2D eigenvalue weighted by Gasteiger charge is 2.30. The Morgan fingerprint density at radius 3 is 3.00 bits per heavy atom. The molecule has 4 rings (SSSR count). The van der Waals surface area contributed by atoms with Gasteiger partial charge in [0.2, 0.25) is 0 Å². The van der Waals surface area contributed by atoms with Crippen LogP contribution in [0.2, 0.25) is 0 Å². The van der Waals surface area contributed by atoms with Gasteiger partial charge in [-0.15, -0.1) is 0 Å². The second-order valence-corrected chi connectivity index (χ2v) is 5.88. The first-order valence-electron chi connectivity index (χ1n) is 7.70. The Labute approximate surface area is 125 Å². The molecule has 0 saturated heterocycles. The molecule has 2 aromatic carbocycles. The zero-order valence-electron chi connectivity index (χ0n) is 12.1. The Morgan fingerprint density at radius 2 is 2.05 bits per heavy atom. The molecule has 0 amide bonds. The highest BCUT2D eigenvalue weighted by atomic mass is 16.5. The number of hydrogen-bond donors (Lipinski definition) is 1. The van der Waals surface area contributed by atoms with Crippen molar-refractivity contribution < 1.29 is 4.74 Å². The minimum atomic E-state index is 0.448. The molecule has 0 bridgehead atoms. The fourth-order valence-electron chi connectivity index (χ4n) is 3.62. The fourth-order valence-corrected chi connectivity index (χ4v) is 3.62. The maximum Gasteiger partial charge on any atom is 0.142 e. The highest BCUT2D eigenvalue weighted by molar-refractivity contribution is 5.62. The number of anilines is 2. The third-order valence-corrected chi connectivity index (χ3v) is 4.56. The van der Waals surface area contributed by atoms with Gasteiger partial charge < -0.3 is 15.4 Å². The molecule has 1 aliphatic heterocycles. The van der Waals surface area contributed by atoms with Gasteiger partial charge in [-0.25, -0.2) is 0 Å². The largest absolute Gasteiger partial charge is 0.491 e. The van der Waals surface area contributed by atoms with E-state index >= 15 is 0 Å². The van der Waals surface area contributed by atoms with Gasteiger partial charge in [-0.3, -0.25) is 0 Å². The summed E-state index contributed by atoms with van der Waals surface area (Å²) in [6.07, 6.45) is 3.34. The smallest absolute Gasteiger partial charge is 0.142 e. The third kappa shape index (κ3) is 2.13. The number of para-hydroxylation sites is 2. The van der Waals surface area contributed by atoms with E-state index in [2.05, 4.69) is 35.2 Å². The first-order valence-corrected chi connectivity index (χ1v) is 7.70. The average Bonchev–Trinajstić information content (AvgIpc) is 2.79. The Morgan fingerprint density at radius 1 is 1.14 bits per heavy atom. The molecule has 0 saturated carbocycles. The van der Waals surface area contributed by atoms with Crippen LogP contribution in [0.15, 0.2) is 42.5 Å². The summed E-state index contributed by atoms with van der Waals surface area (Å²) in [6, 6.07) is 15.2. The van der Waals surface area contributed by atoms with Crippen LogP contribution in [0.5, 0.6) is 5.75 Å². The van der Waals surface area contributed by atoms with Crippen LogP contribution in [0.25, 0.3) is 0 Å². The van der Waals surface area contributed by atoms with E-state index in [-0.39, 0.29) is 0 Å². The van der Waals surface area contributed by atoms with Crippen LogP contribution in [0, 0.1) is 0 Å². The molecule has 0 fully saturated rings. The van der Waals surface area contributed by atoms with Crippen LogP contribution in [-0.2, 0) is 6.42 Å². The Bertz CT molecular complexity index is 668. The summed E-state index contributed by atoms with van der Waals surface area (Å²) >= 11 is 0. The first-order chi connectivity index (χ1) is 10.3. The van der Waals surface area contributed by atoms with Crippen LogP contribution in [-0.4, -0.2) is 13.2 Å². The van der Waals surface area contributed by atoms with Gasteiger partial charge in [-0.2, -0.15) is 0 Å². The van der Waals surface area contributed by atoms with Crippen LogP contribution < -0.4 is 15.4 Å². The van der Waals surface area contributed by atoms with Crippen molar-refractivity contribution in [1.82, 2.24) is 0 Å². The van der Waals surface area contributed by atoms with Crippen LogP contribution >= 0.6 is 0 Å². The second-order valence-electron chi connectivity index (χ2n) is 5.88. The minimum Gasteiger partial charge on any atom is -0.491 e. The van der Waals surface area contributed by atoms with E-state index in [1.807, 2.05) is 12.1 Å². The van der Waals surface area contributed by atoms with Gasteiger partial charge in [0.25, 0.3) is 0 Å². The van der Waals surface area contributed by atoms with Crippen molar-refractivity contribution >= 4 is 11.4 Å². The van der Waals surface area contributed by atoms with Crippen molar-refractivity contribution in [3.8, 4) is 5.75 Å². The number of aryl methyl sites for hydroxylation is 1. The fraction of sp³-hybridized carbons (Fsp3) is 0.333. The second kappa shape index (κ2) is 4.99. The predicted molar refractivity (Wildman–Crippen MR) is 85.8 cm³/mol. The number of rotatable bonds is 1. The Kier molecular flexibility index (Phi) is 2.99. The number of fused-ring (bicyclic) bond motifs is 2. The molecule has 1 atom stereocenters. The van der Waals surface area contributed by atoms with E-state index < -0.39 is 0 Å². The monoisotopic (exact) mass is 280 g/mol. The zero-order valence-corrected chi connectivity index (χ0v) is 12.1. The molecular weight excluding hydrogens is 260 g/mol. The standard InChI is InChI=1S/C18H20N2O/c19-14-7-8-15-13(12-14)6-9-16(15)20-10-3-11-21-18-5-2-1-4-17(18)20/h1-2,4-5,7-8,12,16H,3,6,9-11,19H2. The minimum absolute atomic E-state index is 0.448. The summed E-state index contributed by atoms with van der Waals surface area (Å²) < 4.78 is 5.88. The van der Waals surface area contributed by atoms with Crippen molar-refractivity contribution in [1.29, 1.82) is 0 Å². The van der Waals surface area contributed by atoms with Crippen molar-refractivity contribution in [2.75, 3.05) is 23.8 Å². The molecule has 0 radical (unpaired) electrons. The van der Waals surface area contributed by atoms with E-state index in [1.165, 1.54) is 16.8 Å². The molecule has 2 N–H and O–H groups in total. The van der Waals surface area contributed by atoms with Crippen LogP contribution in [0.3, 0.4) is 0 Å². The molecule has 3 heteroatoms. The number of nitrogens with zero attached hydrogens (tertiary/aromatic N) is 1. The molecule has 108 valence electrons. The summed E-state index contributed by atoms with van der Waals surface area (Å²) in [5.41, 5.74) is 10.9. The zero-order chi connectivity index (χ0) is 14.2. The lowest BCUT2D eigenvalue weighted by atomic mass is 10.0. The first kappa shape index (κ1) is 12.6. The van der Waals surface area contributed by atoms with Gasteiger partial charge in [0, 0.05) is 12.2 Å². The van der Waals surface area contributed by atoms with Gasteiger partial charge in [-0.05, 0) is 54.7 Å².